The van der Waals surface area contributed by atoms with Crippen LogP contribution in [0.3, 0.4) is 0 Å². The highest BCUT2D eigenvalue weighted by molar-refractivity contribution is 5.96. The van der Waals surface area contributed by atoms with Gasteiger partial charge in [-0.25, -0.2) is 0 Å². The van der Waals surface area contributed by atoms with Gasteiger partial charge in [0.2, 0.25) is 5.91 Å². The molecule has 0 bridgehead atoms. The summed E-state index contributed by atoms with van der Waals surface area (Å²) in [5.41, 5.74) is 4.35. The predicted octanol–water partition coefficient (Wildman–Crippen LogP) is 3.92. The normalized spacial score (nSPS) is 14.5. The molecular weight excluding hydrogens is 390 g/mol. The molecule has 1 unspecified atom stereocenters. The first-order valence-electron chi connectivity index (χ1n) is 10.7. The fraction of sp³-hybridized carbons (Fsp3) is 0.320. The molecule has 2 aromatic carbocycles. The lowest BCUT2D eigenvalue weighted by Crippen LogP contribution is -2.49. The van der Waals surface area contributed by atoms with E-state index in [1.165, 1.54) is 5.56 Å². The molecule has 1 aliphatic heterocycles. The van der Waals surface area contributed by atoms with E-state index < -0.39 is 11.9 Å². The molecule has 1 aliphatic rings. The number of rotatable bonds is 6. The molecule has 1 fully saturated rings. The molecule has 0 spiro atoms. The number of hydrogen-bond donors (Lipinski definition) is 1. The fourth-order valence-electron chi connectivity index (χ4n) is 3.85. The maximum Gasteiger partial charge on any atom is 0.274 e. The highest BCUT2D eigenvalue weighted by Gasteiger charge is 2.29. The van der Waals surface area contributed by atoms with Crippen molar-refractivity contribution in [2.45, 2.75) is 39.2 Å². The van der Waals surface area contributed by atoms with Crippen LogP contribution in [-0.2, 0) is 11.2 Å². The second kappa shape index (κ2) is 9.16. The Hall–Kier alpha value is -3.41. The van der Waals surface area contributed by atoms with Crippen LogP contribution >= 0.6 is 0 Å². The van der Waals surface area contributed by atoms with Gasteiger partial charge in [0, 0.05) is 31.1 Å². The molecule has 6 heteroatoms. The molecule has 0 radical (unpaired) electrons. The minimum atomic E-state index is -0.644. The maximum atomic E-state index is 13.1. The van der Waals surface area contributed by atoms with Gasteiger partial charge in [-0.1, -0.05) is 47.6 Å². The minimum absolute atomic E-state index is 0.0485. The highest BCUT2D eigenvalue weighted by Crippen LogP contribution is 2.23. The zero-order valence-electron chi connectivity index (χ0n) is 17.9. The Bertz CT molecular complexity index is 1070. The quantitative estimate of drug-likeness (QED) is 0.660. The van der Waals surface area contributed by atoms with E-state index in [2.05, 4.69) is 10.5 Å². The van der Waals surface area contributed by atoms with Gasteiger partial charge in [-0.2, -0.15) is 0 Å². The summed E-state index contributed by atoms with van der Waals surface area (Å²) in [7, 11) is 0. The summed E-state index contributed by atoms with van der Waals surface area (Å²) in [6.45, 7) is 5.55. The largest absolute Gasteiger partial charge is 0.355 e. The van der Waals surface area contributed by atoms with Gasteiger partial charge in [-0.05, 0) is 49.4 Å². The van der Waals surface area contributed by atoms with E-state index in [9.17, 15) is 9.59 Å². The molecule has 6 nitrogen and oxygen atoms in total. The lowest BCUT2D eigenvalue weighted by molar-refractivity contribution is -0.132. The second-order valence-corrected chi connectivity index (χ2v) is 8.12. The molecule has 4 rings (SSSR count). The zero-order valence-corrected chi connectivity index (χ0v) is 17.9. The molecule has 2 amide bonds. The summed E-state index contributed by atoms with van der Waals surface area (Å²) in [6.07, 6.45) is 2.44. The molecule has 31 heavy (non-hydrogen) atoms. The third kappa shape index (κ3) is 4.85. The maximum absolute atomic E-state index is 13.1. The Morgan fingerprint density at radius 3 is 2.48 bits per heavy atom. The number of nitrogens with one attached hydrogen (secondary N) is 1. The van der Waals surface area contributed by atoms with Crippen LogP contribution in [0.25, 0.3) is 11.3 Å². The number of aryl methyl sites for hydroxylation is 2. The van der Waals surface area contributed by atoms with Crippen LogP contribution in [0.5, 0.6) is 0 Å². The number of carbonyl (C=O) groups excluding carboxylic acids is 2. The lowest BCUT2D eigenvalue weighted by atomic mass is 10.0. The molecule has 1 atom stereocenters. The molecule has 160 valence electrons. The molecule has 1 saturated heterocycles. The van der Waals surface area contributed by atoms with Crippen molar-refractivity contribution < 1.29 is 14.1 Å². The Morgan fingerprint density at radius 2 is 1.77 bits per heavy atom. The van der Waals surface area contributed by atoms with Crippen molar-refractivity contribution in [3.63, 3.8) is 0 Å². The van der Waals surface area contributed by atoms with Crippen LogP contribution in [0.15, 0.2) is 59.1 Å². The van der Waals surface area contributed by atoms with E-state index in [1.54, 1.807) is 6.07 Å². The van der Waals surface area contributed by atoms with E-state index in [4.69, 9.17) is 4.52 Å². The molecule has 0 aliphatic carbocycles. The molecular formula is C25H27N3O3. The van der Waals surface area contributed by atoms with E-state index in [0.717, 1.165) is 42.6 Å². The second-order valence-electron chi connectivity index (χ2n) is 8.12. The first kappa shape index (κ1) is 20.8. The highest BCUT2D eigenvalue weighted by atomic mass is 16.5. The number of likely N-dealkylation sites (tertiary alicyclic amines) is 1. The third-order valence-electron chi connectivity index (χ3n) is 5.84. The SMILES string of the molecule is Cc1ccc(-c2cc(C(=O)NC(Cc3ccccc3)C(=O)N3CCCC3)no2)cc1C. The summed E-state index contributed by atoms with van der Waals surface area (Å²) in [5, 5.41) is 6.84. The molecule has 2 heterocycles. The molecule has 1 aromatic heterocycles. The van der Waals surface area contributed by atoms with E-state index in [-0.39, 0.29) is 11.6 Å². The van der Waals surface area contributed by atoms with Gasteiger partial charge in [0.25, 0.3) is 5.91 Å². The van der Waals surface area contributed by atoms with Crippen molar-refractivity contribution in [2.24, 2.45) is 0 Å². The summed E-state index contributed by atoms with van der Waals surface area (Å²) in [4.78, 5) is 27.8. The first-order valence-corrected chi connectivity index (χ1v) is 10.7. The third-order valence-corrected chi connectivity index (χ3v) is 5.84. The van der Waals surface area contributed by atoms with Crippen molar-refractivity contribution in [1.29, 1.82) is 0 Å². The average molecular weight is 418 g/mol. The van der Waals surface area contributed by atoms with Gasteiger partial charge in [0.15, 0.2) is 11.5 Å². The van der Waals surface area contributed by atoms with Crippen LogP contribution in [-0.4, -0.2) is 41.0 Å². The summed E-state index contributed by atoms with van der Waals surface area (Å²) in [5.74, 6) is 0.0682. The summed E-state index contributed by atoms with van der Waals surface area (Å²) >= 11 is 0. The number of amides is 2. The Kier molecular flexibility index (Phi) is 6.16. The number of aromatic nitrogens is 1. The van der Waals surface area contributed by atoms with Crippen LogP contribution in [0.4, 0.5) is 0 Å². The number of hydrogen-bond acceptors (Lipinski definition) is 4. The van der Waals surface area contributed by atoms with Crippen molar-refractivity contribution in [3.05, 3.63) is 77.0 Å². The van der Waals surface area contributed by atoms with Gasteiger partial charge in [0.05, 0.1) is 0 Å². The van der Waals surface area contributed by atoms with Gasteiger partial charge in [0.1, 0.15) is 6.04 Å². The number of nitrogens with zero attached hydrogens (tertiary/aromatic N) is 2. The lowest BCUT2D eigenvalue weighted by Gasteiger charge is -2.24. The van der Waals surface area contributed by atoms with E-state index in [0.29, 0.717) is 12.2 Å². The average Bonchev–Trinajstić information content (AvgIpc) is 3.48. The van der Waals surface area contributed by atoms with E-state index >= 15 is 0 Å². The Labute approximate surface area is 182 Å². The van der Waals surface area contributed by atoms with E-state index in [1.807, 2.05) is 67.3 Å². The van der Waals surface area contributed by atoms with Gasteiger partial charge >= 0.3 is 0 Å². The predicted molar refractivity (Wildman–Crippen MR) is 119 cm³/mol. The van der Waals surface area contributed by atoms with Gasteiger partial charge in [-0.3, -0.25) is 9.59 Å². The summed E-state index contributed by atoms with van der Waals surface area (Å²) < 4.78 is 5.42. The zero-order chi connectivity index (χ0) is 21.8. The molecule has 1 N–H and O–H groups in total. The first-order chi connectivity index (χ1) is 15.0. The topological polar surface area (TPSA) is 75.4 Å². The van der Waals surface area contributed by atoms with Crippen molar-refractivity contribution in [3.8, 4) is 11.3 Å². The van der Waals surface area contributed by atoms with Crippen molar-refractivity contribution >= 4 is 11.8 Å². The summed E-state index contributed by atoms with van der Waals surface area (Å²) in [6, 6.07) is 16.7. The fourth-order valence-corrected chi connectivity index (χ4v) is 3.85. The smallest absolute Gasteiger partial charge is 0.274 e. The standard InChI is InChI=1S/C25H27N3O3/c1-17-10-11-20(14-18(17)2)23-16-21(27-31-23)24(29)26-22(15-19-8-4-3-5-9-19)25(30)28-12-6-7-13-28/h3-5,8-11,14,16,22H,6-7,12-13,15H2,1-2H3,(H,26,29). The van der Waals surface area contributed by atoms with Gasteiger partial charge < -0.3 is 14.7 Å². The molecule has 3 aromatic rings. The van der Waals surface area contributed by atoms with Crippen LogP contribution in [0, 0.1) is 13.8 Å². The Morgan fingerprint density at radius 1 is 1.03 bits per heavy atom. The molecule has 0 saturated carbocycles. The van der Waals surface area contributed by atoms with Crippen LogP contribution in [0.1, 0.15) is 40.0 Å². The number of benzene rings is 2. The monoisotopic (exact) mass is 417 g/mol. The van der Waals surface area contributed by atoms with Crippen molar-refractivity contribution in [2.75, 3.05) is 13.1 Å². The van der Waals surface area contributed by atoms with Crippen molar-refractivity contribution in [1.82, 2.24) is 15.4 Å². The minimum Gasteiger partial charge on any atom is -0.355 e. The van der Waals surface area contributed by atoms with Gasteiger partial charge in [-0.15, -0.1) is 0 Å². The van der Waals surface area contributed by atoms with Crippen LogP contribution in [0.2, 0.25) is 0 Å². The Balaban J connectivity index is 1.52. The van der Waals surface area contributed by atoms with Crippen LogP contribution < -0.4 is 5.32 Å². The number of carbonyl (C=O) groups is 2.